The second-order valence-corrected chi connectivity index (χ2v) is 14.5. The van der Waals surface area contributed by atoms with Crippen LogP contribution in [0.25, 0.3) is 0 Å². The van der Waals surface area contributed by atoms with Gasteiger partial charge < -0.3 is 5.11 Å². The van der Waals surface area contributed by atoms with Crippen molar-refractivity contribution in [3.8, 4) is 0 Å². The van der Waals surface area contributed by atoms with Crippen molar-refractivity contribution >= 4 is 5.97 Å². The van der Waals surface area contributed by atoms with Gasteiger partial charge in [0.25, 0.3) is 0 Å². The quantitative estimate of drug-likeness (QED) is 0.428. The molecule has 2 nitrogen and oxygen atoms in total. The summed E-state index contributed by atoms with van der Waals surface area (Å²) >= 11 is 0. The molecule has 0 aromatic heterocycles. The Morgan fingerprint density at radius 3 is 2.21 bits per heavy atom. The summed E-state index contributed by atoms with van der Waals surface area (Å²) in [5, 5.41) is 10.5. The van der Waals surface area contributed by atoms with Crippen molar-refractivity contribution in [1.29, 1.82) is 0 Å². The van der Waals surface area contributed by atoms with Crippen LogP contribution in [0.15, 0.2) is 24.3 Å². The molecule has 0 heterocycles. The van der Waals surface area contributed by atoms with Crippen molar-refractivity contribution in [3.63, 3.8) is 0 Å². The number of aliphatic carboxylic acids is 1. The van der Waals surface area contributed by atoms with E-state index in [-0.39, 0.29) is 16.7 Å². The van der Waals surface area contributed by atoms with Gasteiger partial charge in [0.05, 0.1) is 5.41 Å². The van der Waals surface area contributed by atoms with Gasteiger partial charge in [0.1, 0.15) is 0 Å². The number of carboxylic acids is 1. The van der Waals surface area contributed by atoms with E-state index in [4.69, 9.17) is 0 Å². The minimum absolute atomic E-state index is 0.226. The fourth-order valence-electron chi connectivity index (χ4n) is 11.4. The summed E-state index contributed by atoms with van der Waals surface area (Å²) in [4.78, 5) is 12.8. The van der Waals surface area contributed by atoms with Crippen LogP contribution < -0.4 is 0 Å². The number of hydrogen-bond donors (Lipinski definition) is 1. The van der Waals surface area contributed by atoms with Crippen molar-refractivity contribution < 1.29 is 9.90 Å². The largest absolute Gasteiger partial charge is 0.481 e. The topological polar surface area (TPSA) is 37.3 Å². The van der Waals surface area contributed by atoms with Crippen LogP contribution in [0.3, 0.4) is 0 Å². The fraction of sp³-hybridized carbons (Fsp3) is 0.839. The molecule has 0 bridgehead atoms. The van der Waals surface area contributed by atoms with Crippen LogP contribution in [-0.4, -0.2) is 11.1 Å². The highest BCUT2D eigenvalue weighted by Crippen LogP contribution is 2.77. The average Bonchev–Trinajstić information content (AvgIpc) is 3.13. The SMILES string of the molecule is C=C(C)C1CCC2(C(=O)O)CCC3(C)C(CCC4C5(C)CCC(=C)C(C)(C)C5CCC43C)C12. The molecule has 0 saturated heterocycles. The number of hydrogen-bond acceptors (Lipinski definition) is 1. The van der Waals surface area contributed by atoms with E-state index in [2.05, 4.69) is 54.7 Å². The first-order chi connectivity index (χ1) is 15.3. The first kappa shape index (κ1) is 23.7. The summed E-state index contributed by atoms with van der Waals surface area (Å²) in [6.07, 6.45) is 11.4. The standard InChI is InChI=1S/C31H48O2/c1-19(2)21-12-16-31(26(32)33)18-17-29(7)22(25(21)31)9-10-24-28(6)14-11-20(3)27(4,5)23(28)13-15-30(24,29)8/h21-25H,1,3,9-18H2,2,4-8H3,(H,32,33). The molecule has 184 valence electrons. The van der Waals surface area contributed by atoms with Crippen LogP contribution in [0.4, 0.5) is 0 Å². The van der Waals surface area contributed by atoms with Gasteiger partial charge in [-0.3, -0.25) is 4.79 Å². The Morgan fingerprint density at radius 1 is 0.879 bits per heavy atom. The first-order valence-electron chi connectivity index (χ1n) is 13.8. The fourth-order valence-corrected chi connectivity index (χ4v) is 11.4. The average molecular weight is 453 g/mol. The number of rotatable bonds is 2. The van der Waals surface area contributed by atoms with Gasteiger partial charge in [0.2, 0.25) is 0 Å². The molecule has 0 aromatic rings. The Hall–Kier alpha value is -1.05. The highest BCUT2D eigenvalue weighted by atomic mass is 16.4. The van der Waals surface area contributed by atoms with E-state index in [0.717, 1.165) is 37.5 Å². The van der Waals surface area contributed by atoms with Crippen molar-refractivity contribution in [2.45, 2.75) is 106 Å². The molecular formula is C31H48O2. The highest BCUT2D eigenvalue weighted by molar-refractivity contribution is 5.76. The van der Waals surface area contributed by atoms with E-state index in [1.54, 1.807) is 0 Å². The third-order valence-corrected chi connectivity index (χ3v) is 13.5. The second kappa shape index (κ2) is 7.01. The van der Waals surface area contributed by atoms with Crippen molar-refractivity contribution in [2.24, 2.45) is 56.7 Å². The molecule has 0 radical (unpaired) electrons. The molecule has 2 heteroatoms. The van der Waals surface area contributed by atoms with E-state index in [1.807, 2.05) is 0 Å². The summed E-state index contributed by atoms with van der Waals surface area (Å²) in [5.41, 5.74) is 3.30. The summed E-state index contributed by atoms with van der Waals surface area (Å²) < 4.78 is 0. The smallest absolute Gasteiger partial charge is 0.309 e. The maximum atomic E-state index is 12.8. The third-order valence-electron chi connectivity index (χ3n) is 13.5. The van der Waals surface area contributed by atoms with Crippen LogP contribution in [0.1, 0.15) is 106 Å². The summed E-state index contributed by atoms with van der Waals surface area (Å²) in [5.74, 6) is 2.11. The Morgan fingerprint density at radius 2 is 1.58 bits per heavy atom. The van der Waals surface area contributed by atoms with Gasteiger partial charge in [-0.25, -0.2) is 0 Å². The zero-order chi connectivity index (χ0) is 24.2. The van der Waals surface area contributed by atoms with Crippen LogP contribution in [0.5, 0.6) is 0 Å². The van der Waals surface area contributed by atoms with Gasteiger partial charge in [0, 0.05) is 0 Å². The molecule has 0 amide bonds. The van der Waals surface area contributed by atoms with Crippen molar-refractivity contribution in [2.75, 3.05) is 0 Å². The van der Waals surface area contributed by atoms with Crippen LogP contribution >= 0.6 is 0 Å². The number of fused-ring (bicyclic) bond motifs is 7. The van der Waals surface area contributed by atoms with Gasteiger partial charge in [-0.2, -0.15) is 0 Å². The van der Waals surface area contributed by atoms with Crippen LogP contribution in [0.2, 0.25) is 0 Å². The van der Waals surface area contributed by atoms with Gasteiger partial charge >= 0.3 is 5.97 Å². The molecule has 33 heavy (non-hydrogen) atoms. The Balaban J connectivity index is 1.57. The zero-order valence-corrected chi connectivity index (χ0v) is 22.2. The van der Waals surface area contributed by atoms with Gasteiger partial charge in [-0.1, -0.05) is 58.9 Å². The molecule has 0 spiro atoms. The molecule has 5 aliphatic rings. The number of carbonyl (C=O) groups is 1. The number of allylic oxidation sites excluding steroid dienone is 2. The van der Waals surface area contributed by atoms with E-state index in [0.29, 0.717) is 22.7 Å². The monoisotopic (exact) mass is 452 g/mol. The Labute approximate surface area is 202 Å². The minimum atomic E-state index is -0.520. The lowest BCUT2D eigenvalue weighted by Crippen LogP contribution is -2.66. The van der Waals surface area contributed by atoms with Gasteiger partial charge in [-0.05, 0) is 122 Å². The van der Waals surface area contributed by atoms with E-state index >= 15 is 0 Å². The molecular weight excluding hydrogens is 404 g/mol. The second-order valence-electron chi connectivity index (χ2n) is 14.5. The van der Waals surface area contributed by atoms with E-state index in [9.17, 15) is 9.90 Å². The summed E-state index contributed by atoms with van der Waals surface area (Å²) in [6.45, 7) is 23.8. The first-order valence-corrected chi connectivity index (χ1v) is 13.8. The molecule has 9 atom stereocenters. The molecule has 1 N–H and O–H groups in total. The van der Waals surface area contributed by atoms with Gasteiger partial charge in [0.15, 0.2) is 0 Å². The lowest BCUT2D eigenvalue weighted by Gasteiger charge is -2.72. The summed E-state index contributed by atoms with van der Waals surface area (Å²) in [7, 11) is 0. The lowest BCUT2D eigenvalue weighted by molar-refractivity contribution is -0.233. The Kier molecular flexibility index (Phi) is 5.03. The normalized spacial score (nSPS) is 52.8. The lowest BCUT2D eigenvalue weighted by atomic mass is 9.32. The van der Waals surface area contributed by atoms with E-state index in [1.165, 1.54) is 49.7 Å². The number of carboxylic acid groups (broad SMARTS) is 1. The molecule has 9 unspecified atom stereocenters. The minimum Gasteiger partial charge on any atom is -0.481 e. The van der Waals surface area contributed by atoms with Gasteiger partial charge in [-0.15, -0.1) is 0 Å². The van der Waals surface area contributed by atoms with Crippen LogP contribution in [-0.2, 0) is 4.79 Å². The molecule has 5 rings (SSSR count). The molecule has 5 fully saturated rings. The predicted molar refractivity (Wildman–Crippen MR) is 136 cm³/mol. The maximum absolute atomic E-state index is 12.8. The van der Waals surface area contributed by atoms with Crippen molar-refractivity contribution in [1.82, 2.24) is 0 Å². The molecule has 0 aromatic carbocycles. The molecule has 5 aliphatic carbocycles. The maximum Gasteiger partial charge on any atom is 0.309 e. The molecule has 0 aliphatic heterocycles. The third kappa shape index (κ3) is 2.70. The Bertz CT molecular complexity index is 899. The van der Waals surface area contributed by atoms with Crippen molar-refractivity contribution in [3.05, 3.63) is 24.3 Å². The molecule has 5 saturated carbocycles. The highest BCUT2D eigenvalue weighted by Gasteiger charge is 2.71. The zero-order valence-electron chi connectivity index (χ0n) is 22.2. The van der Waals surface area contributed by atoms with E-state index < -0.39 is 11.4 Å². The summed E-state index contributed by atoms with van der Waals surface area (Å²) in [6, 6.07) is 0. The van der Waals surface area contributed by atoms with Crippen LogP contribution in [0, 0.1) is 56.7 Å². The predicted octanol–water partition coefficient (Wildman–Crippen LogP) is 8.28.